The number of carbonyl (C=O) groups excluding carboxylic acids is 1. The molecule has 20 heavy (non-hydrogen) atoms. The second kappa shape index (κ2) is 5.31. The van der Waals surface area contributed by atoms with Crippen LogP contribution in [-0.2, 0) is 0 Å². The molecule has 0 unspecified atom stereocenters. The molecule has 1 aromatic heterocycles. The van der Waals surface area contributed by atoms with Crippen LogP contribution in [0, 0.1) is 0 Å². The lowest BCUT2D eigenvalue weighted by Crippen LogP contribution is -2.12. The Labute approximate surface area is 121 Å². The van der Waals surface area contributed by atoms with Crippen molar-refractivity contribution in [2.45, 2.75) is 0 Å². The van der Waals surface area contributed by atoms with Crippen LogP contribution >= 0.6 is 11.3 Å². The van der Waals surface area contributed by atoms with Crippen molar-refractivity contribution in [2.24, 2.45) is 5.73 Å². The Kier molecular flexibility index (Phi) is 3.35. The van der Waals surface area contributed by atoms with Crippen molar-refractivity contribution >= 4 is 17.2 Å². The largest absolute Gasteiger partial charge is 0.366 e. The molecule has 3 rings (SSSR count). The van der Waals surface area contributed by atoms with Crippen molar-refractivity contribution in [1.82, 2.24) is 0 Å². The number of benzene rings is 2. The molecule has 0 spiro atoms. The van der Waals surface area contributed by atoms with Crippen LogP contribution in [0.15, 0.2) is 65.4 Å². The van der Waals surface area contributed by atoms with Crippen molar-refractivity contribution in [2.75, 3.05) is 0 Å². The van der Waals surface area contributed by atoms with Gasteiger partial charge in [-0.1, -0.05) is 42.5 Å². The van der Waals surface area contributed by atoms with Crippen LogP contribution in [0.25, 0.3) is 22.3 Å². The van der Waals surface area contributed by atoms with E-state index in [2.05, 4.69) is 0 Å². The second-order valence-corrected chi connectivity index (χ2v) is 5.25. The number of amides is 1. The Morgan fingerprint density at radius 3 is 2.35 bits per heavy atom. The lowest BCUT2D eigenvalue weighted by atomic mass is 9.91. The highest BCUT2D eigenvalue weighted by atomic mass is 32.1. The average molecular weight is 279 g/mol. The second-order valence-electron chi connectivity index (χ2n) is 4.47. The summed E-state index contributed by atoms with van der Waals surface area (Å²) in [6, 6.07) is 17.7. The van der Waals surface area contributed by atoms with Gasteiger partial charge in [0.25, 0.3) is 0 Å². The van der Waals surface area contributed by atoms with Crippen LogP contribution in [0.5, 0.6) is 0 Å². The fraction of sp³-hybridized carbons (Fsp3) is 0. The predicted octanol–water partition coefficient (Wildman–Crippen LogP) is 4.18. The van der Waals surface area contributed by atoms with Crippen molar-refractivity contribution in [1.29, 1.82) is 0 Å². The number of hydrogen-bond donors (Lipinski definition) is 1. The van der Waals surface area contributed by atoms with Crippen molar-refractivity contribution in [3.05, 3.63) is 70.9 Å². The number of nitrogens with two attached hydrogens (primary N) is 1. The van der Waals surface area contributed by atoms with Gasteiger partial charge < -0.3 is 5.73 Å². The number of primary amides is 1. The highest BCUT2D eigenvalue weighted by Gasteiger charge is 2.15. The van der Waals surface area contributed by atoms with E-state index in [0.717, 1.165) is 22.3 Å². The molecule has 0 saturated heterocycles. The number of hydrogen-bond acceptors (Lipinski definition) is 2. The maximum atomic E-state index is 11.7. The van der Waals surface area contributed by atoms with Crippen molar-refractivity contribution < 1.29 is 4.79 Å². The first-order valence-corrected chi connectivity index (χ1v) is 7.22. The van der Waals surface area contributed by atoms with Crippen LogP contribution < -0.4 is 5.73 Å². The zero-order valence-corrected chi connectivity index (χ0v) is 11.6. The summed E-state index contributed by atoms with van der Waals surface area (Å²) in [6.07, 6.45) is 0. The number of thiophene rings is 1. The smallest absolute Gasteiger partial charge is 0.249 e. The summed E-state index contributed by atoms with van der Waals surface area (Å²) in [7, 11) is 0. The minimum absolute atomic E-state index is 0.399. The van der Waals surface area contributed by atoms with E-state index >= 15 is 0 Å². The summed E-state index contributed by atoms with van der Waals surface area (Å²) >= 11 is 1.61. The van der Waals surface area contributed by atoms with E-state index in [0.29, 0.717) is 5.56 Å². The summed E-state index contributed by atoms with van der Waals surface area (Å²) < 4.78 is 0. The molecule has 2 aromatic carbocycles. The molecular formula is C17H13NOS. The summed E-state index contributed by atoms with van der Waals surface area (Å²) in [5.74, 6) is -0.399. The van der Waals surface area contributed by atoms with Crippen LogP contribution in [0.3, 0.4) is 0 Å². The van der Waals surface area contributed by atoms with Crippen LogP contribution in [-0.4, -0.2) is 5.91 Å². The van der Waals surface area contributed by atoms with Gasteiger partial charge in [0.1, 0.15) is 0 Å². The SMILES string of the molecule is NC(=O)c1cccc(-c2ccccc2)c1-c1ccsc1. The summed E-state index contributed by atoms with van der Waals surface area (Å²) in [4.78, 5) is 11.7. The molecular weight excluding hydrogens is 266 g/mol. The first-order chi connectivity index (χ1) is 9.77. The topological polar surface area (TPSA) is 43.1 Å². The van der Waals surface area contributed by atoms with Gasteiger partial charge in [0.15, 0.2) is 0 Å². The first-order valence-electron chi connectivity index (χ1n) is 6.28. The average Bonchev–Trinajstić information content (AvgIpc) is 3.01. The summed E-state index contributed by atoms with van der Waals surface area (Å²) in [5, 5.41) is 4.04. The third-order valence-corrected chi connectivity index (χ3v) is 3.91. The minimum Gasteiger partial charge on any atom is -0.366 e. The molecule has 2 N–H and O–H groups in total. The third kappa shape index (κ3) is 2.24. The molecule has 0 saturated carbocycles. The molecule has 1 amide bonds. The lowest BCUT2D eigenvalue weighted by molar-refractivity contribution is 0.100. The highest BCUT2D eigenvalue weighted by molar-refractivity contribution is 7.08. The fourth-order valence-corrected chi connectivity index (χ4v) is 2.98. The predicted molar refractivity (Wildman–Crippen MR) is 83.7 cm³/mol. The van der Waals surface area contributed by atoms with E-state index in [9.17, 15) is 4.79 Å². The maximum Gasteiger partial charge on any atom is 0.249 e. The van der Waals surface area contributed by atoms with Gasteiger partial charge in [0, 0.05) is 11.1 Å². The Morgan fingerprint density at radius 2 is 1.70 bits per heavy atom. The zero-order valence-electron chi connectivity index (χ0n) is 10.7. The summed E-state index contributed by atoms with van der Waals surface area (Å²) in [6.45, 7) is 0. The van der Waals surface area contributed by atoms with Crippen molar-refractivity contribution in [3.63, 3.8) is 0 Å². The summed E-state index contributed by atoms with van der Waals surface area (Å²) in [5.41, 5.74) is 10.1. The monoisotopic (exact) mass is 279 g/mol. The van der Waals surface area contributed by atoms with Crippen LogP contribution in [0.4, 0.5) is 0 Å². The molecule has 0 bridgehead atoms. The molecule has 0 aliphatic rings. The Hall–Kier alpha value is -2.39. The van der Waals surface area contributed by atoms with E-state index in [1.165, 1.54) is 0 Å². The maximum absolute atomic E-state index is 11.7. The van der Waals surface area contributed by atoms with Gasteiger partial charge in [0.2, 0.25) is 5.91 Å². The molecule has 2 nitrogen and oxygen atoms in total. The quantitative estimate of drug-likeness (QED) is 0.768. The highest BCUT2D eigenvalue weighted by Crippen LogP contribution is 2.35. The van der Waals surface area contributed by atoms with E-state index in [-0.39, 0.29) is 0 Å². The molecule has 3 heteroatoms. The van der Waals surface area contributed by atoms with Gasteiger partial charge in [-0.2, -0.15) is 11.3 Å². The van der Waals surface area contributed by atoms with Gasteiger partial charge in [-0.3, -0.25) is 4.79 Å². The van der Waals surface area contributed by atoms with Crippen molar-refractivity contribution in [3.8, 4) is 22.3 Å². The standard InChI is InChI=1S/C17H13NOS/c18-17(19)15-8-4-7-14(12-5-2-1-3-6-12)16(15)13-9-10-20-11-13/h1-11H,(H2,18,19). The fourth-order valence-electron chi connectivity index (χ4n) is 2.33. The van der Waals surface area contributed by atoms with Gasteiger partial charge in [-0.15, -0.1) is 0 Å². The molecule has 98 valence electrons. The van der Waals surface area contributed by atoms with E-state index in [1.807, 2.05) is 59.3 Å². The van der Waals surface area contributed by atoms with Gasteiger partial charge in [-0.25, -0.2) is 0 Å². The molecule has 1 heterocycles. The van der Waals surface area contributed by atoms with Gasteiger partial charge in [-0.05, 0) is 39.6 Å². The molecule has 0 aliphatic heterocycles. The molecule has 3 aromatic rings. The number of carbonyl (C=O) groups is 1. The van der Waals surface area contributed by atoms with Gasteiger partial charge >= 0.3 is 0 Å². The lowest BCUT2D eigenvalue weighted by Gasteiger charge is -2.12. The Morgan fingerprint density at radius 1 is 0.900 bits per heavy atom. The normalized spacial score (nSPS) is 10.4. The Bertz CT molecular complexity index is 733. The molecule has 0 radical (unpaired) electrons. The van der Waals surface area contributed by atoms with Crippen LogP contribution in [0.2, 0.25) is 0 Å². The Balaban J connectivity index is 2.30. The first kappa shape index (κ1) is 12.6. The van der Waals surface area contributed by atoms with Crippen LogP contribution in [0.1, 0.15) is 10.4 Å². The minimum atomic E-state index is -0.399. The molecule has 0 atom stereocenters. The third-order valence-electron chi connectivity index (χ3n) is 3.22. The van der Waals surface area contributed by atoms with E-state index in [4.69, 9.17) is 5.73 Å². The zero-order chi connectivity index (χ0) is 13.9. The van der Waals surface area contributed by atoms with Gasteiger partial charge in [0.05, 0.1) is 0 Å². The van der Waals surface area contributed by atoms with E-state index in [1.54, 1.807) is 17.4 Å². The molecule has 0 fully saturated rings. The van der Waals surface area contributed by atoms with E-state index < -0.39 is 5.91 Å². The molecule has 0 aliphatic carbocycles. The number of rotatable bonds is 3.